The number of anilines is 1. The van der Waals surface area contributed by atoms with Crippen LogP contribution in [0.5, 0.6) is 0 Å². The second kappa shape index (κ2) is 5.16. The van der Waals surface area contributed by atoms with Gasteiger partial charge in [0.25, 0.3) is 0 Å². The van der Waals surface area contributed by atoms with Crippen molar-refractivity contribution in [3.63, 3.8) is 0 Å². The quantitative estimate of drug-likeness (QED) is 0.856. The summed E-state index contributed by atoms with van der Waals surface area (Å²) in [5, 5.41) is 3.84. The molecule has 3 N–H and O–H groups in total. The number of benzene rings is 1. The molecule has 2 unspecified atom stereocenters. The zero-order valence-corrected chi connectivity index (χ0v) is 11.4. The predicted molar refractivity (Wildman–Crippen MR) is 74.2 cm³/mol. The predicted octanol–water partition coefficient (Wildman–Crippen LogP) is 1.63. The van der Waals surface area contributed by atoms with Crippen LogP contribution in [0.25, 0.3) is 0 Å². The summed E-state index contributed by atoms with van der Waals surface area (Å²) in [7, 11) is 0. The number of halogens is 1. The van der Waals surface area contributed by atoms with Crippen molar-refractivity contribution in [2.24, 2.45) is 5.73 Å². The molecule has 1 aliphatic heterocycles. The molecule has 0 bridgehead atoms. The number of amides is 1. The van der Waals surface area contributed by atoms with Crippen molar-refractivity contribution < 1.29 is 4.79 Å². The maximum atomic E-state index is 11.1. The lowest BCUT2D eigenvalue weighted by Crippen LogP contribution is -2.54. The van der Waals surface area contributed by atoms with Gasteiger partial charge in [-0.3, -0.25) is 4.79 Å². The number of nitrogens with two attached hydrogens (primary N) is 1. The van der Waals surface area contributed by atoms with E-state index >= 15 is 0 Å². The van der Waals surface area contributed by atoms with Crippen LogP contribution in [0.15, 0.2) is 18.2 Å². The molecule has 1 aromatic carbocycles. The SMILES string of the molecule is CC1CN(c2ccc(C(N)=O)c(Cl)c2)C(C)CN1. The Morgan fingerprint density at radius 3 is 2.83 bits per heavy atom. The lowest BCUT2D eigenvalue weighted by molar-refractivity contribution is 0.100. The summed E-state index contributed by atoms with van der Waals surface area (Å²) in [6, 6.07) is 6.25. The summed E-state index contributed by atoms with van der Waals surface area (Å²) in [6.07, 6.45) is 0. The Morgan fingerprint density at radius 1 is 1.50 bits per heavy atom. The van der Waals surface area contributed by atoms with Crippen molar-refractivity contribution >= 4 is 23.2 Å². The Hall–Kier alpha value is -1.26. The van der Waals surface area contributed by atoms with Crippen molar-refractivity contribution in [2.75, 3.05) is 18.0 Å². The molecule has 2 rings (SSSR count). The molecule has 1 saturated heterocycles. The largest absolute Gasteiger partial charge is 0.366 e. The van der Waals surface area contributed by atoms with Gasteiger partial charge in [-0.05, 0) is 32.0 Å². The van der Waals surface area contributed by atoms with Crippen LogP contribution in [-0.4, -0.2) is 31.1 Å². The number of rotatable bonds is 2. The molecule has 1 fully saturated rings. The fourth-order valence-corrected chi connectivity index (χ4v) is 2.53. The van der Waals surface area contributed by atoms with Gasteiger partial charge in [-0.15, -0.1) is 0 Å². The van der Waals surface area contributed by atoms with E-state index in [4.69, 9.17) is 17.3 Å². The molecule has 0 radical (unpaired) electrons. The van der Waals surface area contributed by atoms with E-state index in [1.807, 2.05) is 12.1 Å². The zero-order chi connectivity index (χ0) is 13.3. The first-order valence-corrected chi connectivity index (χ1v) is 6.46. The number of hydrogen-bond donors (Lipinski definition) is 2. The monoisotopic (exact) mass is 267 g/mol. The van der Waals surface area contributed by atoms with E-state index in [2.05, 4.69) is 24.1 Å². The third kappa shape index (κ3) is 2.60. The summed E-state index contributed by atoms with van der Waals surface area (Å²) in [5.74, 6) is -0.492. The first kappa shape index (κ1) is 13.2. The molecule has 1 aromatic rings. The highest BCUT2D eigenvalue weighted by atomic mass is 35.5. The number of carbonyl (C=O) groups is 1. The van der Waals surface area contributed by atoms with E-state index in [0.29, 0.717) is 22.7 Å². The first-order chi connectivity index (χ1) is 8.49. The lowest BCUT2D eigenvalue weighted by Gasteiger charge is -2.39. The van der Waals surface area contributed by atoms with Gasteiger partial charge in [0.15, 0.2) is 0 Å². The molecule has 0 spiro atoms. The van der Waals surface area contributed by atoms with E-state index in [0.717, 1.165) is 18.8 Å². The van der Waals surface area contributed by atoms with Gasteiger partial charge < -0.3 is 16.0 Å². The number of piperazine rings is 1. The molecule has 1 aliphatic rings. The van der Waals surface area contributed by atoms with E-state index in [1.165, 1.54) is 0 Å². The minimum atomic E-state index is -0.492. The number of nitrogens with zero attached hydrogens (tertiary/aromatic N) is 1. The molecule has 5 heteroatoms. The van der Waals surface area contributed by atoms with Crippen LogP contribution in [0.4, 0.5) is 5.69 Å². The molecular weight excluding hydrogens is 250 g/mol. The van der Waals surface area contributed by atoms with Gasteiger partial charge in [-0.2, -0.15) is 0 Å². The molecule has 98 valence electrons. The minimum absolute atomic E-state index is 0.372. The number of primary amides is 1. The maximum absolute atomic E-state index is 11.1. The van der Waals surface area contributed by atoms with E-state index in [1.54, 1.807) is 6.07 Å². The topological polar surface area (TPSA) is 58.4 Å². The molecular formula is C13H18ClN3O. The van der Waals surface area contributed by atoms with Gasteiger partial charge in [-0.1, -0.05) is 11.6 Å². The highest BCUT2D eigenvalue weighted by Crippen LogP contribution is 2.26. The second-order valence-corrected chi connectivity index (χ2v) is 5.25. The molecule has 18 heavy (non-hydrogen) atoms. The summed E-state index contributed by atoms with van der Waals surface area (Å²) >= 11 is 6.08. The van der Waals surface area contributed by atoms with E-state index in [-0.39, 0.29) is 0 Å². The Kier molecular flexibility index (Phi) is 3.78. The van der Waals surface area contributed by atoms with Gasteiger partial charge in [0.05, 0.1) is 10.6 Å². The van der Waals surface area contributed by atoms with Gasteiger partial charge in [0.1, 0.15) is 0 Å². The van der Waals surface area contributed by atoms with Gasteiger partial charge in [0, 0.05) is 30.9 Å². The number of hydrogen-bond acceptors (Lipinski definition) is 3. The standard InChI is InChI=1S/C13H18ClN3O/c1-8-7-17(9(2)6-16-8)10-3-4-11(13(15)18)12(14)5-10/h3-5,8-9,16H,6-7H2,1-2H3,(H2,15,18). The molecule has 0 aliphatic carbocycles. The number of carbonyl (C=O) groups excluding carboxylic acids is 1. The van der Waals surface area contributed by atoms with Crippen molar-refractivity contribution in [1.82, 2.24) is 5.32 Å². The molecule has 1 heterocycles. The van der Waals surface area contributed by atoms with Crippen molar-refractivity contribution in [3.05, 3.63) is 28.8 Å². The van der Waals surface area contributed by atoms with E-state index < -0.39 is 5.91 Å². The average molecular weight is 268 g/mol. The summed E-state index contributed by atoms with van der Waals surface area (Å²) < 4.78 is 0. The third-order valence-electron chi connectivity index (χ3n) is 3.31. The summed E-state index contributed by atoms with van der Waals surface area (Å²) in [6.45, 7) is 6.18. The summed E-state index contributed by atoms with van der Waals surface area (Å²) in [5.41, 5.74) is 6.65. The van der Waals surface area contributed by atoms with Gasteiger partial charge >= 0.3 is 0 Å². The van der Waals surface area contributed by atoms with Crippen molar-refractivity contribution in [3.8, 4) is 0 Å². The van der Waals surface area contributed by atoms with E-state index in [9.17, 15) is 4.79 Å². The minimum Gasteiger partial charge on any atom is -0.366 e. The normalized spacial score (nSPS) is 24.1. The smallest absolute Gasteiger partial charge is 0.250 e. The first-order valence-electron chi connectivity index (χ1n) is 6.08. The van der Waals surface area contributed by atoms with Crippen LogP contribution in [0.2, 0.25) is 5.02 Å². The van der Waals surface area contributed by atoms with Crippen LogP contribution in [0, 0.1) is 0 Å². The highest BCUT2D eigenvalue weighted by Gasteiger charge is 2.23. The van der Waals surface area contributed by atoms with Gasteiger partial charge in [0.2, 0.25) is 5.91 Å². The molecule has 2 atom stereocenters. The Labute approximate surface area is 112 Å². The molecule has 0 aromatic heterocycles. The van der Waals surface area contributed by atoms with Crippen LogP contribution in [0.3, 0.4) is 0 Å². The van der Waals surface area contributed by atoms with Crippen molar-refractivity contribution in [1.29, 1.82) is 0 Å². The maximum Gasteiger partial charge on any atom is 0.250 e. The highest BCUT2D eigenvalue weighted by molar-refractivity contribution is 6.34. The Bertz CT molecular complexity index is 464. The average Bonchev–Trinajstić information content (AvgIpc) is 2.31. The molecule has 4 nitrogen and oxygen atoms in total. The second-order valence-electron chi connectivity index (χ2n) is 4.84. The molecule has 1 amide bonds. The molecule has 0 saturated carbocycles. The van der Waals surface area contributed by atoms with Crippen LogP contribution in [-0.2, 0) is 0 Å². The Morgan fingerprint density at radius 2 is 2.22 bits per heavy atom. The fraction of sp³-hybridized carbons (Fsp3) is 0.462. The van der Waals surface area contributed by atoms with Crippen LogP contribution >= 0.6 is 11.6 Å². The fourth-order valence-electron chi connectivity index (χ4n) is 2.26. The number of nitrogens with one attached hydrogen (secondary N) is 1. The lowest BCUT2D eigenvalue weighted by atomic mass is 10.1. The Balaban J connectivity index is 2.28. The zero-order valence-electron chi connectivity index (χ0n) is 10.6. The van der Waals surface area contributed by atoms with Crippen molar-refractivity contribution in [2.45, 2.75) is 25.9 Å². The summed E-state index contributed by atoms with van der Waals surface area (Å²) in [4.78, 5) is 13.4. The third-order valence-corrected chi connectivity index (χ3v) is 3.63. The van der Waals surface area contributed by atoms with Gasteiger partial charge in [-0.25, -0.2) is 0 Å². The van der Waals surface area contributed by atoms with Crippen LogP contribution < -0.4 is 16.0 Å². The van der Waals surface area contributed by atoms with Crippen LogP contribution in [0.1, 0.15) is 24.2 Å².